The van der Waals surface area contributed by atoms with Gasteiger partial charge in [-0.1, -0.05) is 25.0 Å². The molecule has 0 bridgehead atoms. The van der Waals surface area contributed by atoms with Gasteiger partial charge >= 0.3 is 0 Å². The first-order valence-electron chi connectivity index (χ1n) is 9.40. The van der Waals surface area contributed by atoms with Crippen LogP contribution in [-0.4, -0.2) is 34.4 Å². The van der Waals surface area contributed by atoms with E-state index in [0.29, 0.717) is 18.3 Å². The lowest BCUT2D eigenvalue weighted by molar-refractivity contribution is -0.133. The summed E-state index contributed by atoms with van der Waals surface area (Å²) in [6, 6.07) is 8.14. The summed E-state index contributed by atoms with van der Waals surface area (Å²) in [7, 11) is 0. The summed E-state index contributed by atoms with van der Waals surface area (Å²) in [6.45, 7) is 3.79. The van der Waals surface area contributed by atoms with E-state index in [4.69, 9.17) is 12.2 Å². The molecule has 2 fully saturated rings. The summed E-state index contributed by atoms with van der Waals surface area (Å²) < 4.78 is 0. The standard InChI is InChI=1S/C22H25N3O/c1-3-16-6-7-18(19-5-4-10-24-21(16)19)17-11-15(2)13-25(14-17)20(26)12-22(23)8-9-22/h1,4-7,10,15,17H,8-9,11-14,23H2,2H3/t15-,17+/m1/s1. The van der Waals surface area contributed by atoms with Crippen LogP contribution in [0.1, 0.15) is 49.7 Å². The Morgan fingerprint density at radius 1 is 1.38 bits per heavy atom. The van der Waals surface area contributed by atoms with Crippen LogP contribution in [0.2, 0.25) is 0 Å². The van der Waals surface area contributed by atoms with Crippen LogP contribution in [-0.2, 0) is 4.79 Å². The first-order valence-corrected chi connectivity index (χ1v) is 9.40. The minimum Gasteiger partial charge on any atom is -0.342 e. The average Bonchev–Trinajstić information content (AvgIpc) is 3.36. The predicted octanol–water partition coefficient (Wildman–Crippen LogP) is 3.05. The van der Waals surface area contributed by atoms with E-state index in [1.54, 1.807) is 6.20 Å². The number of carbonyl (C=O) groups is 1. The molecule has 1 aromatic carbocycles. The van der Waals surface area contributed by atoms with Crippen molar-refractivity contribution in [3.63, 3.8) is 0 Å². The Bertz CT molecular complexity index is 894. The Morgan fingerprint density at radius 2 is 2.19 bits per heavy atom. The predicted molar refractivity (Wildman–Crippen MR) is 104 cm³/mol. The maximum Gasteiger partial charge on any atom is 0.224 e. The molecule has 1 amide bonds. The van der Waals surface area contributed by atoms with Crippen LogP contribution in [0.4, 0.5) is 0 Å². The summed E-state index contributed by atoms with van der Waals surface area (Å²) >= 11 is 0. The molecule has 0 spiro atoms. The summed E-state index contributed by atoms with van der Waals surface area (Å²) in [4.78, 5) is 19.3. The zero-order valence-corrected chi connectivity index (χ0v) is 15.2. The van der Waals surface area contributed by atoms with Crippen molar-refractivity contribution in [2.24, 2.45) is 11.7 Å². The minimum absolute atomic E-state index is 0.198. The van der Waals surface area contributed by atoms with Crippen molar-refractivity contribution in [1.82, 2.24) is 9.88 Å². The zero-order valence-electron chi connectivity index (χ0n) is 15.2. The van der Waals surface area contributed by atoms with Crippen molar-refractivity contribution in [2.45, 2.75) is 44.1 Å². The number of terminal acetylenes is 1. The monoisotopic (exact) mass is 347 g/mol. The lowest BCUT2D eigenvalue weighted by atomic mass is 9.83. The first kappa shape index (κ1) is 17.1. The third-order valence-electron chi connectivity index (χ3n) is 5.81. The molecule has 2 atom stereocenters. The van der Waals surface area contributed by atoms with Gasteiger partial charge in [-0.15, -0.1) is 6.42 Å². The number of amides is 1. The number of benzene rings is 1. The Morgan fingerprint density at radius 3 is 2.92 bits per heavy atom. The lowest BCUT2D eigenvalue weighted by Gasteiger charge is -2.37. The molecule has 1 aliphatic heterocycles. The molecule has 4 rings (SSSR count). The van der Waals surface area contributed by atoms with Gasteiger partial charge in [0.05, 0.1) is 11.1 Å². The largest absolute Gasteiger partial charge is 0.342 e. The second-order valence-electron chi connectivity index (χ2n) is 8.12. The molecule has 2 heterocycles. The van der Waals surface area contributed by atoms with Gasteiger partial charge < -0.3 is 10.6 Å². The minimum atomic E-state index is -0.238. The van der Waals surface area contributed by atoms with Gasteiger partial charge in [0.2, 0.25) is 5.91 Å². The van der Waals surface area contributed by atoms with Crippen LogP contribution in [0, 0.1) is 18.3 Å². The molecule has 1 saturated carbocycles. The molecular formula is C22H25N3O. The number of likely N-dealkylation sites (tertiary alicyclic amines) is 1. The van der Waals surface area contributed by atoms with Crippen LogP contribution in [0.15, 0.2) is 30.5 Å². The quantitative estimate of drug-likeness (QED) is 0.868. The Balaban J connectivity index is 1.64. The molecule has 2 aliphatic rings. The van der Waals surface area contributed by atoms with Gasteiger partial charge in [0.25, 0.3) is 0 Å². The fourth-order valence-corrected chi connectivity index (χ4v) is 4.20. The van der Waals surface area contributed by atoms with E-state index in [9.17, 15) is 4.79 Å². The second-order valence-corrected chi connectivity index (χ2v) is 8.12. The van der Waals surface area contributed by atoms with E-state index in [1.807, 2.05) is 17.0 Å². The summed E-state index contributed by atoms with van der Waals surface area (Å²) in [5.74, 6) is 3.69. The highest BCUT2D eigenvalue weighted by atomic mass is 16.2. The maximum absolute atomic E-state index is 12.7. The van der Waals surface area contributed by atoms with Crippen LogP contribution in [0.3, 0.4) is 0 Å². The molecule has 26 heavy (non-hydrogen) atoms. The molecule has 1 aromatic heterocycles. The highest BCUT2D eigenvalue weighted by Crippen LogP contribution is 2.38. The van der Waals surface area contributed by atoms with Crippen molar-refractivity contribution >= 4 is 16.8 Å². The number of hydrogen-bond acceptors (Lipinski definition) is 3. The number of nitrogens with zero attached hydrogens (tertiary/aromatic N) is 2. The molecular weight excluding hydrogens is 322 g/mol. The highest BCUT2D eigenvalue weighted by Gasteiger charge is 2.42. The highest BCUT2D eigenvalue weighted by molar-refractivity contribution is 5.88. The number of hydrogen-bond donors (Lipinski definition) is 1. The van der Waals surface area contributed by atoms with E-state index in [2.05, 4.69) is 30.0 Å². The van der Waals surface area contributed by atoms with Crippen LogP contribution < -0.4 is 5.73 Å². The molecule has 0 radical (unpaired) electrons. The van der Waals surface area contributed by atoms with E-state index < -0.39 is 0 Å². The fraction of sp³-hybridized carbons (Fsp3) is 0.455. The summed E-state index contributed by atoms with van der Waals surface area (Å²) in [5, 5.41) is 1.10. The number of piperidine rings is 1. The number of pyridine rings is 1. The molecule has 1 saturated heterocycles. The molecule has 134 valence electrons. The third kappa shape index (κ3) is 3.20. The van der Waals surface area contributed by atoms with Crippen LogP contribution in [0.5, 0.6) is 0 Å². The van der Waals surface area contributed by atoms with Crippen molar-refractivity contribution in [3.05, 3.63) is 41.6 Å². The van der Waals surface area contributed by atoms with Gasteiger partial charge in [-0.05, 0) is 42.9 Å². The van der Waals surface area contributed by atoms with Gasteiger partial charge in [0.1, 0.15) is 0 Å². The first-order chi connectivity index (χ1) is 12.5. The maximum atomic E-state index is 12.7. The molecule has 0 unspecified atom stereocenters. The van der Waals surface area contributed by atoms with Crippen molar-refractivity contribution in [3.8, 4) is 12.3 Å². The topological polar surface area (TPSA) is 59.2 Å². The molecule has 4 heteroatoms. The van der Waals surface area contributed by atoms with Crippen molar-refractivity contribution < 1.29 is 4.79 Å². The number of nitrogens with two attached hydrogens (primary N) is 1. The average molecular weight is 347 g/mol. The Kier molecular flexibility index (Phi) is 4.20. The number of aromatic nitrogens is 1. The third-order valence-corrected chi connectivity index (χ3v) is 5.81. The number of rotatable bonds is 3. The van der Waals surface area contributed by atoms with Gasteiger partial charge in [0, 0.05) is 42.6 Å². The van der Waals surface area contributed by atoms with Crippen LogP contribution >= 0.6 is 0 Å². The fourth-order valence-electron chi connectivity index (χ4n) is 4.20. The smallest absolute Gasteiger partial charge is 0.224 e. The number of carbonyl (C=O) groups excluding carboxylic acids is 1. The van der Waals surface area contributed by atoms with Crippen molar-refractivity contribution in [2.75, 3.05) is 13.1 Å². The normalized spacial score (nSPS) is 24.3. The van der Waals surface area contributed by atoms with Crippen LogP contribution in [0.25, 0.3) is 10.9 Å². The number of fused-ring (bicyclic) bond motifs is 1. The van der Waals surface area contributed by atoms with E-state index in [1.165, 1.54) is 5.56 Å². The van der Waals surface area contributed by atoms with Gasteiger partial charge in [-0.2, -0.15) is 0 Å². The summed E-state index contributed by atoms with van der Waals surface area (Å²) in [5.41, 5.74) is 8.87. The Hall–Kier alpha value is -2.38. The second kappa shape index (κ2) is 6.41. The lowest BCUT2D eigenvalue weighted by Crippen LogP contribution is -2.44. The van der Waals surface area contributed by atoms with E-state index >= 15 is 0 Å². The van der Waals surface area contributed by atoms with E-state index in [0.717, 1.165) is 48.8 Å². The molecule has 1 aliphatic carbocycles. The zero-order chi connectivity index (χ0) is 18.3. The Labute approximate surface area is 154 Å². The van der Waals surface area contributed by atoms with Gasteiger partial charge in [0.15, 0.2) is 0 Å². The molecule has 2 N–H and O–H groups in total. The van der Waals surface area contributed by atoms with E-state index in [-0.39, 0.29) is 11.4 Å². The van der Waals surface area contributed by atoms with Gasteiger partial charge in [-0.3, -0.25) is 9.78 Å². The molecule has 4 nitrogen and oxygen atoms in total. The van der Waals surface area contributed by atoms with Crippen molar-refractivity contribution in [1.29, 1.82) is 0 Å². The molecule has 2 aromatic rings. The van der Waals surface area contributed by atoms with Gasteiger partial charge in [-0.25, -0.2) is 0 Å². The SMILES string of the molecule is C#Cc1ccc([C@H]2C[C@@H](C)CN(C(=O)CC3(N)CC3)C2)c2cccnc12. The summed E-state index contributed by atoms with van der Waals surface area (Å²) in [6.07, 6.45) is 10.9.